The van der Waals surface area contributed by atoms with Crippen LogP contribution in [0.2, 0.25) is 0 Å². The number of nitrogens with one attached hydrogen (secondary N) is 2. The summed E-state index contributed by atoms with van der Waals surface area (Å²) < 4.78 is 0. The molecular weight excluding hydrogens is 312 g/mol. The van der Waals surface area contributed by atoms with E-state index in [0.717, 1.165) is 39.3 Å². The Labute approximate surface area is 143 Å². The highest BCUT2D eigenvalue weighted by Gasteiger charge is 2.03. The van der Waals surface area contributed by atoms with Crippen molar-refractivity contribution in [2.24, 2.45) is 0 Å². The molecule has 25 heavy (non-hydrogen) atoms. The van der Waals surface area contributed by atoms with Crippen molar-refractivity contribution in [2.75, 3.05) is 0 Å². The van der Waals surface area contributed by atoms with Gasteiger partial charge in [0.2, 0.25) is 0 Å². The van der Waals surface area contributed by atoms with Crippen LogP contribution in [0.1, 0.15) is 22.8 Å². The molecule has 0 fully saturated rings. The summed E-state index contributed by atoms with van der Waals surface area (Å²) in [6, 6.07) is 13.4. The number of aromatic amines is 2. The molecule has 3 aromatic rings. The Morgan fingerprint density at radius 3 is 1.72 bits per heavy atom. The molecule has 0 aliphatic carbocycles. The quantitative estimate of drug-likeness (QED) is 0.395. The first-order chi connectivity index (χ1) is 12.2. The van der Waals surface area contributed by atoms with E-state index in [1.807, 2.05) is 60.7 Å². The summed E-state index contributed by atoms with van der Waals surface area (Å²) in [5, 5.41) is 10.2. The van der Waals surface area contributed by atoms with Crippen molar-refractivity contribution < 1.29 is 5.11 Å². The van der Waals surface area contributed by atoms with E-state index in [4.69, 9.17) is 0 Å². The summed E-state index contributed by atoms with van der Waals surface area (Å²) in [6.45, 7) is 0. The van der Waals surface area contributed by atoms with Gasteiger partial charge in [0.15, 0.2) is 0 Å². The Morgan fingerprint density at radius 2 is 1.12 bits per heavy atom. The number of nitrogens with zero attached hydrogens (tertiary/aromatic N) is 2. The Kier molecular flexibility index (Phi) is 2.87. The minimum absolute atomic E-state index is 0.191. The Hall–Kier alpha value is -3.60. The van der Waals surface area contributed by atoms with Gasteiger partial charge in [0.25, 0.3) is 0 Å². The second kappa shape index (κ2) is 5.21. The monoisotopic (exact) mass is 326 g/mol. The molecule has 5 rings (SSSR count). The van der Waals surface area contributed by atoms with Crippen LogP contribution in [0.3, 0.4) is 0 Å². The fraction of sp³-hybridized carbons (Fsp3) is 0. The van der Waals surface area contributed by atoms with Crippen LogP contribution in [0.15, 0.2) is 42.5 Å². The lowest BCUT2D eigenvalue weighted by Crippen LogP contribution is -1.75. The van der Waals surface area contributed by atoms with Crippen LogP contribution in [0.5, 0.6) is 5.75 Å². The predicted molar refractivity (Wildman–Crippen MR) is 101 cm³/mol. The van der Waals surface area contributed by atoms with Gasteiger partial charge in [-0.3, -0.25) is 0 Å². The molecule has 3 N–H and O–H groups in total. The molecule has 0 radical (unpaired) electrons. The Balaban J connectivity index is 1.87. The second-order valence-corrected chi connectivity index (χ2v) is 6.06. The fourth-order valence-corrected chi connectivity index (χ4v) is 3.00. The van der Waals surface area contributed by atoms with Crippen molar-refractivity contribution in [1.29, 1.82) is 0 Å². The van der Waals surface area contributed by atoms with Gasteiger partial charge in [-0.25, -0.2) is 9.97 Å². The van der Waals surface area contributed by atoms with Crippen LogP contribution >= 0.6 is 0 Å². The molecule has 5 heterocycles. The van der Waals surface area contributed by atoms with Crippen LogP contribution in [0.25, 0.3) is 46.4 Å². The summed E-state index contributed by atoms with van der Waals surface area (Å²) in [4.78, 5) is 15.7. The fourth-order valence-electron chi connectivity index (χ4n) is 3.00. The third-order valence-corrected chi connectivity index (χ3v) is 4.15. The molecule has 0 aromatic carbocycles. The van der Waals surface area contributed by atoms with Gasteiger partial charge in [-0.1, -0.05) is 0 Å². The van der Waals surface area contributed by atoms with Crippen LogP contribution in [0.4, 0.5) is 0 Å². The van der Waals surface area contributed by atoms with E-state index in [1.165, 1.54) is 0 Å². The summed E-state index contributed by atoms with van der Waals surface area (Å²) in [6.07, 6.45) is 7.79. The molecule has 2 aliphatic rings. The highest BCUT2D eigenvalue weighted by molar-refractivity contribution is 5.79. The predicted octanol–water partition coefficient (Wildman–Crippen LogP) is 4.36. The van der Waals surface area contributed by atoms with Crippen molar-refractivity contribution in [3.8, 4) is 5.75 Å². The van der Waals surface area contributed by atoms with Gasteiger partial charge in [0.05, 0.1) is 28.3 Å². The van der Waals surface area contributed by atoms with Crippen molar-refractivity contribution in [3.05, 3.63) is 65.2 Å². The zero-order valence-electron chi connectivity index (χ0n) is 13.2. The van der Waals surface area contributed by atoms with E-state index < -0.39 is 0 Å². The van der Waals surface area contributed by atoms with Gasteiger partial charge in [-0.15, -0.1) is 0 Å². The minimum atomic E-state index is 0.191. The number of hydrogen-bond donors (Lipinski definition) is 3. The summed E-state index contributed by atoms with van der Waals surface area (Å²) >= 11 is 0. The van der Waals surface area contributed by atoms with Crippen molar-refractivity contribution in [3.63, 3.8) is 0 Å². The molecule has 5 heteroatoms. The van der Waals surface area contributed by atoms with Crippen LogP contribution < -0.4 is 0 Å². The number of hydrogen-bond acceptors (Lipinski definition) is 3. The molecule has 2 aliphatic heterocycles. The van der Waals surface area contributed by atoms with Crippen molar-refractivity contribution >= 4 is 46.4 Å². The van der Waals surface area contributed by atoms with Crippen LogP contribution in [0, 0.1) is 0 Å². The molecule has 0 atom stereocenters. The zero-order valence-corrected chi connectivity index (χ0v) is 13.2. The highest BCUT2D eigenvalue weighted by Crippen LogP contribution is 2.22. The molecule has 0 spiro atoms. The Morgan fingerprint density at radius 1 is 0.600 bits per heavy atom. The van der Waals surface area contributed by atoms with Gasteiger partial charge in [0, 0.05) is 22.6 Å². The average molecular weight is 326 g/mol. The van der Waals surface area contributed by atoms with E-state index in [0.29, 0.717) is 5.52 Å². The molecular formula is C20H14N4O. The molecule has 0 amide bonds. The third kappa shape index (κ3) is 2.61. The number of aromatic hydroxyl groups is 1. The number of rotatable bonds is 0. The molecule has 5 nitrogen and oxygen atoms in total. The molecule has 0 saturated carbocycles. The lowest BCUT2D eigenvalue weighted by atomic mass is 10.3. The molecule has 120 valence electrons. The number of H-pyrrole nitrogens is 2. The maximum atomic E-state index is 10.2. The van der Waals surface area contributed by atoms with Gasteiger partial charge < -0.3 is 15.1 Å². The highest BCUT2D eigenvalue weighted by atomic mass is 16.3. The van der Waals surface area contributed by atoms with Gasteiger partial charge >= 0.3 is 0 Å². The first-order valence-corrected chi connectivity index (χ1v) is 7.99. The first kappa shape index (κ1) is 13.8. The summed E-state index contributed by atoms with van der Waals surface area (Å²) in [7, 11) is 0. The SMILES string of the molecule is Oc1cc2cc3nc(cc4ccc(cc5nc(cc1[nH]2)C=C5)[nH]4)C=C3. The zero-order chi connectivity index (χ0) is 16.8. The molecule has 0 saturated heterocycles. The normalized spacial score (nSPS) is 12.6. The lowest BCUT2D eigenvalue weighted by Gasteiger charge is -1.86. The van der Waals surface area contributed by atoms with E-state index in [-0.39, 0.29) is 5.75 Å². The smallest absolute Gasteiger partial charge is 0.141 e. The maximum Gasteiger partial charge on any atom is 0.141 e. The largest absolute Gasteiger partial charge is 0.506 e. The van der Waals surface area contributed by atoms with Gasteiger partial charge in [0.1, 0.15) is 5.75 Å². The molecule has 8 bridgehead atoms. The molecule has 0 unspecified atom stereocenters. The Bertz CT molecular complexity index is 1210. The summed E-state index contributed by atoms with van der Waals surface area (Å²) in [5.74, 6) is 0.191. The maximum absolute atomic E-state index is 10.2. The lowest BCUT2D eigenvalue weighted by molar-refractivity contribution is 0.482. The van der Waals surface area contributed by atoms with E-state index in [1.54, 1.807) is 6.07 Å². The number of fused-ring (bicyclic) bond motifs is 8. The van der Waals surface area contributed by atoms with Gasteiger partial charge in [-0.05, 0) is 60.7 Å². The molecule has 3 aromatic heterocycles. The minimum Gasteiger partial charge on any atom is -0.506 e. The van der Waals surface area contributed by atoms with Crippen molar-refractivity contribution in [2.45, 2.75) is 0 Å². The first-order valence-electron chi connectivity index (χ1n) is 7.99. The van der Waals surface area contributed by atoms with E-state index >= 15 is 0 Å². The van der Waals surface area contributed by atoms with Crippen LogP contribution in [-0.4, -0.2) is 25.0 Å². The average Bonchev–Trinajstić information content (AvgIpc) is 3.33. The standard InChI is InChI=1S/C20H14N4O/c25-20-11-18-9-16-4-3-14(22-16)7-12-1-2-13(21-12)8-15-5-6-17(23-15)10-19(20)24-18/h1-11,21,24-25H. The number of aromatic nitrogens is 4. The topological polar surface area (TPSA) is 77.6 Å². The third-order valence-electron chi connectivity index (χ3n) is 4.15. The van der Waals surface area contributed by atoms with Crippen LogP contribution in [-0.2, 0) is 0 Å². The van der Waals surface area contributed by atoms with Gasteiger partial charge in [-0.2, -0.15) is 0 Å². The summed E-state index contributed by atoms with van der Waals surface area (Å²) in [5.41, 5.74) is 6.74. The van der Waals surface area contributed by atoms with E-state index in [9.17, 15) is 5.11 Å². The second-order valence-electron chi connectivity index (χ2n) is 6.06. The van der Waals surface area contributed by atoms with E-state index in [2.05, 4.69) is 19.9 Å². The van der Waals surface area contributed by atoms with Crippen molar-refractivity contribution in [1.82, 2.24) is 19.9 Å².